The molecule has 0 fully saturated rings. The summed E-state index contributed by atoms with van der Waals surface area (Å²) in [6.45, 7) is 0. The van der Waals surface area contributed by atoms with Gasteiger partial charge in [-0.3, -0.25) is 4.79 Å². The molecule has 76 valence electrons. The largest absolute Gasteiger partial charge is 0.299 e. The van der Waals surface area contributed by atoms with Crippen molar-refractivity contribution in [3.05, 3.63) is 24.3 Å². The molecular weight excluding hydrogens is 174 g/mol. The van der Waals surface area contributed by atoms with Crippen LogP contribution in [0.1, 0.15) is 38.5 Å². The fourth-order valence-corrected chi connectivity index (χ4v) is 1.10. The summed E-state index contributed by atoms with van der Waals surface area (Å²) in [6, 6.07) is 2.14. The van der Waals surface area contributed by atoms with E-state index in [1.54, 1.807) is 6.08 Å². The van der Waals surface area contributed by atoms with E-state index in [0.717, 1.165) is 32.0 Å². The Bertz CT molecular complexity index is 223. The van der Waals surface area contributed by atoms with Gasteiger partial charge in [-0.25, -0.2) is 0 Å². The minimum Gasteiger partial charge on any atom is -0.299 e. The Kier molecular flexibility index (Phi) is 10.5. The van der Waals surface area contributed by atoms with Gasteiger partial charge < -0.3 is 0 Å². The molecule has 0 heterocycles. The van der Waals surface area contributed by atoms with Crippen molar-refractivity contribution in [2.45, 2.75) is 38.5 Å². The van der Waals surface area contributed by atoms with Crippen molar-refractivity contribution in [3.8, 4) is 6.07 Å². The summed E-state index contributed by atoms with van der Waals surface area (Å²) in [5.41, 5.74) is 0. The van der Waals surface area contributed by atoms with Gasteiger partial charge in [0, 0.05) is 6.42 Å². The molecular formula is C12H17NO. The molecule has 0 rings (SSSR count). The van der Waals surface area contributed by atoms with Crippen molar-refractivity contribution in [2.75, 3.05) is 0 Å². The molecule has 0 saturated carbocycles. The number of nitrogens with zero attached hydrogens (tertiary/aromatic N) is 1. The van der Waals surface area contributed by atoms with Crippen molar-refractivity contribution in [2.24, 2.45) is 0 Å². The van der Waals surface area contributed by atoms with E-state index in [9.17, 15) is 4.79 Å². The van der Waals surface area contributed by atoms with E-state index in [1.807, 2.05) is 6.08 Å². The Morgan fingerprint density at radius 1 is 1.00 bits per heavy atom. The molecule has 2 nitrogen and oxygen atoms in total. The SMILES string of the molecule is N#CCCCCCC/C=C/C=C/C=O. The zero-order chi connectivity index (χ0) is 10.5. The van der Waals surface area contributed by atoms with Crippen LogP contribution in [-0.2, 0) is 4.79 Å². The Hall–Kier alpha value is -1.36. The lowest BCUT2D eigenvalue weighted by molar-refractivity contribution is -0.104. The first-order valence-corrected chi connectivity index (χ1v) is 5.05. The first-order chi connectivity index (χ1) is 6.91. The molecule has 0 aliphatic rings. The van der Waals surface area contributed by atoms with Crippen LogP contribution in [0.2, 0.25) is 0 Å². The Morgan fingerprint density at radius 3 is 2.50 bits per heavy atom. The van der Waals surface area contributed by atoms with Crippen molar-refractivity contribution in [1.29, 1.82) is 5.26 Å². The fraction of sp³-hybridized carbons (Fsp3) is 0.500. The maximum absolute atomic E-state index is 9.89. The molecule has 0 N–H and O–H groups in total. The molecule has 0 aromatic carbocycles. The molecule has 0 amide bonds. The van der Waals surface area contributed by atoms with E-state index >= 15 is 0 Å². The summed E-state index contributed by atoms with van der Waals surface area (Å²) in [7, 11) is 0. The van der Waals surface area contributed by atoms with E-state index in [0.29, 0.717) is 6.42 Å². The highest BCUT2D eigenvalue weighted by Crippen LogP contribution is 2.05. The summed E-state index contributed by atoms with van der Waals surface area (Å²) >= 11 is 0. The molecule has 14 heavy (non-hydrogen) atoms. The Labute approximate surface area is 85.9 Å². The zero-order valence-electron chi connectivity index (χ0n) is 8.48. The van der Waals surface area contributed by atoms with Gasteiger partial charge in [0.05, 0.1) is 6.07 Å². The van der Waals surface area contributed by atoms with Crippen LogP contribution in [0.15, 0.2) is 24.3 Å². The number of rotatable bonds is 8. The molecule has 0 atom stereocenters. The monoisotopic (exact) mass is 191 g/mol. The molecule has 0 aliphatic heterocycles. The second-order valence-electron chi connectivity index (χ2n) is 3.06. The second-order valence-corrected chi connectivity index (χ2v) is 3.06. The van der Waals surface area contributed by atoms with Gasteiger partial charge in [-0.05, 0) is 25.3 Å². The molecule has 0 aromatic rings. The number of unbranched alkanes of at least 4 members (excludes halogenated alkanes) is 5. The molecule has 0 unspecified atom stereocenters. The number of aldehydes is 1. The van der Waals surface area contributed by atoms with Crippen molar-refractivity contribution in [3.63, 3.8) is 0 Å². The normalized spacial score (nSPS) is 10.8. The molecule has 0 radical (unpaired) electrons. The summed E-state index contributed by atoms with van der Waals surface area (Å²) in [5.74, 6) is 0. The molecule has 0 saturated heterocycles. The number of hydrogen-bond acceptors (Lipinski definition) is 2. The van der Waals surface area contributed by atoms with Gasteiger partial charge in [0.2, 0.25) is 0 Å². The van der Waals surface area contributed by atoms with Crippen molar-refractivity contribution < 1.29 is 4.79 Å². The van der Waals surface area contributed by atoms with E-state index in [2.05, 4.69) is 12.1 Å². The highest BCUT2D eigenvalue weighted by atomic mass is 16.1. The van der Waals surface area contributed by atoms with Gasteiger partial charge in [-0.1, -0.05) is 31.1 Å². The minimum atomic E-state index is 0.678. The maximum atomic E-state index is 9.89. The van der Waals surface area contributed by atoms with E-state index in [4.69, 9.17) is 5.26 Å². The van der Waals surface area contributed by atoms with Crippen LogP contribution in [0.3, 0.4) is 0 Å². The van der Waals surface area contributed by atoms with Gasteiger partial charge in [0.25, 0.3) is 0 Å². The third kappa shape index (κ3) is 10.6. The second kappa shape index (κ2) is 11.6. The van der Waals surface area contributed by atoms with Crippen LogP contribution in [0.25, 0.3) is 0 Å². The lowest BCUT2D eigenvalue weighted by Gasteiger charge is -1.94. The van der Waals surface area contributed by atoms with Gasteiger partial charge >= 0.3 is 0 Å². The smallest absolute Gasteiger partial charge is 0.142 e. The summed E-state index contributed by atoms with van der Waals surface area (Å²) < 4.78 is 0. The fourth-order valence-electron chi connectivity index (χ4n) is 1.10. The molecule has 0 bridgehead atoms. The van der Waals surface area contributed by atoms with Crippen LogP contribution in [-0.4, -0.2) is 6.29 Å². The third-order valence-corrected chi connectivity index (χ3v) is 1.85. The first kappa shape index (κ1) is 12.6. The molecule has 0 spiro atoms. The van der Waals surface area contributed by atoms with Crippen LogP contribution < -0.4 is 0 Å². The Balaban J connectivity index is 3.13. The Morgan fingerprint density at radius 2 is 1.79 bits per heavy atom. The number of hydrogen-bond donors (Lipinski definition) is 0. The highest BCUT2D eigenvalue weighted by Gasteiger charge is 1.87. The van der Waals surface area contributed by atoms with Gasteiger partial charge in [-0.15, -0.1) is 0 Å². The predicted molar refractivity (Wildman–Crippen MR) is 57.7 cm³/mol. The van der Waals surface area contributed by atoms with Crippen LogP contribution in [0, 0.1) is 11.3 Å². The standard InChI is InChI=1S/C12H17NO/c13-11-9-7-5-3-1-2-4-6-8-10-12-14/h4,6,8,10,12H,1-3,5,7,9H2/b6-4+,10-8+. The quantitative estimate of drug-likeness (QED) is 0.256. The van der Waals surface area contributed by atoms with Gasteiger partial charge in [-0.2, -0.15) is 5.26 Å². The number of nitriles is 1. The van der Waals surface area contributed by atoms with E-state index in [-0.39, 0.29) is 0 Å². The molecule has 0 aliphatic carbocycles. The topological polar surface area (TPSA) is 40.9 Å². The summed E-state index contributed by atoms with van der Waals surface area (Å²) in [6.07, 6.45) is 14.2. The summed E-state index contributed by atoms with van der Waals surface area (Å²) in [5, 5.41) is 8.29. The number of carbonyl (C=O) groups excluding carboxylic acids is 1. The van der Waals surface area contributed by atoms with Crippen molar-refractivity contribution >= 4 is 6.29 Å². The average Bonchev–Trinajstić information content (AvgIpc) is 2.21. The first-order valence-electron chi connectivity index (χ1n) is 5.05. The van der Waals surface area contributed by atoms with Crippen LogP contribution in [0.4, 0.5) is 0 Å². The van der Waals surface area contributed by atoms with E-state index in [1.165, 1.54) is 12.5 Å². The maximum Gasteiger partial charge on any atom is 0.142 e. The summed E-state index contributed by atoms with van der Waals surface area (Å²) in [4.78, 5) is 9.89. The minimum absolute atomic E-state index is 0.678. The lowest BCUT2D eigenvalue weighted by Crippen LogP contribution is -1.76. The van der Waals surface area contributed by atoms with Gasteiger partial charge in [0.15, 0.2) is 0 Å². The third-order valence-electron chi connectivity index (χ3n) is 1.85. The van der Waals surface area contributed by atoms with Gasteiger partial charge in [0.1, 0.15) is 6.29 Å². The lowest BCUT2D eigenvalue weighted by atomic mass is 10.1. The molecule has 2 heteroatoms. The highest BCUT2D eigenvalue weighted by molar-refractivity contribution is 5.65. The van der Waals surface area contributed by atoms with Crippen LogP contribution >= 0.6 is 0 Å². The predicted octanol–water partition coefficient (Wildman–Crippen LogP) is 3.16. The average molecular weight is 191 g/mol. The van der Waals surface area contributed by atoms with E-state index < -0.39 is 0 Å². The number of allylic oxidation sites excluding steroid dienone is 4. The zero-order valence-corrected chi connectivity index (χ0v) is 8.48. The number of carbonyl (C=O) groups is 1. The van der Waals surface area contributed by atoms with Crippen LogP contribution in [0.5, 0.6) is 0 Å². The molecule has 0 aromatic heterocycles. The van der Waals surface area contributed by atoms with Crippen molar-refractivity contribution in [1.82, 2.24) is 0 Å².